The lowest BCUT2D eigenvalue weighted by atomic mass is 9.48. The van der Waals surface area contributed by atoms with Gasteiger partial charge in [-0.3, -0.25) is 19.7 Å². The van der Waals surface area contributed by atoms with Gasteiger partial charge in [0.25, 0.3) is 11.6 Å². The summed E-state index contributed by atoms with van der Waals surface area (Å²) in [5.41, 5.74) is -1.66. The average molecular weight is 423 g/mol. The Balaban J connectivity index is 1.44. The van der Waals surface area contributed by atoms with E-state index in [4.69, 9.17) is 16.3 Å². The van der Waals surface area contributed by atoms with Crippen molar-refractivity contribution in [2.45, 2.75) is 57.2 Å². The minimum Gasteiger partial charge on any atom is -0.452 e. The van der Waals surface area contributed by atoms with E-state index in [0.717, 1.165) is 25.3 Å². The van der Waals surface area contributed by atoms with Gasteiger partial charge in [-0.15, -0.1) is 0 Å². The maximum atomic E-state index is 13.0. The number of amides is 1. The number of non-ortho nitro benzene ring substituents is 1. The number of hydrogen-bond donors (Lipinski definition) is 2. The fourth-order valence-corrected chi connectivity index (χ4v) is 5.91. The third-order valence-corrected chi connectivity index (χ3v) is 6.86. The van der Waals surface area contributed by atoms with Crippen LogP contribution in [0.1, 0.15) is 45.4 Å². The van der Waals surface area contributed by atoms with Crippen LogP contribution in [-0.2, 0) is 14.3 Å². The van der Waals surface area contributed by atoms with Gasteiger partial charge in [-0.2, -0.15) is 0 Å². The van der Waals surface area contributed by atoms with Crippen LogP contribution in [0.5, 0.6) is 0 Å². The van der Waals surface area contributed by atoms with Crippen molar-refractivity contribution in [2.75, 3.05) is 5.32 Å². The first-order valence-electron chi connectivity index (χ1n) is 9.77. The smallest absolute Gasteiger partial charge is 0.312 e. The molecule has 29 heavy (non-hydrogen) atoms. The van der Waals surface area contributed by atoms with Crippen molar-refractivity contribution >= 4 is 34.9 Å². The van der Waals surface area contributed by atoms with Crippen LogP contribution in [-0.4, -0.2) is 33.6 Å². The van der Waals surface area contributed by atoms with E-state index in [-0.39, 0.29) is 16.4 Å². The number of ether oxygens (including phenoxy) is 1. The van der Waals surface area contributed by atoms with Crippen molar-refractivity contribution in [3.05, 3.63) is 33.3 Å². The van der Waals surface area contributed by atoms with Crippen LogP contribution in [0.25, 0.3) is 0 Å². The van der Waals surface area contributed by atoms with Gasteiger partial charge in [-0.25, -0.2) is 0 Å². The highest BCUT2D eigenvalue weighted by molar-refractivity contribution is 6.33. The maximum Gasteiger partial charge on any atom is 0.312 e. The summed E-state index contributed by atoms with van der Waals surface area (Å²) in [5, 5.41) is 24.4. The predicted molar refractivity (Wildman–Crippen MR) is 104 cm³/mol. The molecular weight excluding hydrogens is 400 g/mol. The highest BCUT2D eigenvalue weighted by atomic mass is 35.5. The van der Waals surface area contributed by atoms with Gasteiger partial charge in [0.2, 0.25) is 0 Å². The maximum absolute atomic E-state index is 13.0. The zero-order valence-electron chi connectivity index (χ0n) is 16.0. The zero-order chi connectivity index (χ0) is 21.0. The Labute approximate surface area is 172 Å². The number of halogens is 1. The Morgan fingerprint density at radius 3 is 2.55 bits per heavy atom. The Kier molecular flexibility index (Phi) is 4.82. The van der Waals surface area contributed by atoms with Crippen LogP contribution in [0, 0.1) is 27.4 Å². The van der Waals surface area contributed by atoms with Crippen molar-refractivity contribution in [3.63, 3.8) is 0 Å². The Morgan fingerprint density at radius 1 is 1.31 bits per heavy atom. The number of carbonyl (C=O) groups excluding carboxylic acids is 2. The third kappa shape index (κ3) is 3.71. The van der Waals surface area contributed by atoms with Crippen LogP contribution in [0.2, 0.25) is 5.02 Å². The number of nitrogens with one attached hydrogen (secondary N) is 1. The van der Waals surface area contributed by atoms with Crippen molar-refractivity contribution in [1.29, 1.82) is 0 Å². The van der Waals surface area contributed by atoms with Gasteiger partial charge in [-0.05, 0) is 63.4 Å². The van der Waals surface area contributed by atoms with E-state index in [1.165, 1.54) is 19.1 Å². The second-order valence-electron chi connectivity index (χ2n) is 8.92. The number of hydrogen-bond acceptors (Lipinski definition) is 6. The largest absolute Gasteiger partial charge is 0.452 e. The second-order valence-corrected chi connectivity index (χ2v) is 9.33. The quantitative estimate of drug-likeness (QED) is 0.426. The first-order chi connectivity index (χ1) is 13.6. The number of nitro groups is 1. The Hall–Kier alpha value is -2.19. The molecular formula is C20H23ClN2O6. The number of benzene rings is 1. The van der Waals surface area contributed by atoms with Gasteiger partial charge < -0.3 is 15.2 Å². The fourth-order valence-electron chi connectivity index (χ4n) is 5.75. The standard InChI is InChI=1S/C20H23ClN2O6/c1-11(17(24)22-16-5-14(23(27)28)2-3-15(16)21)29-18(25)19-6-12-4-13(7-19)9-20(26,8-12)10-19/h2-3,5,11-13,26H,4,6-10H2,1H3,(H,22,24). The van der Waals surface area contributed by atoms with Crippen LogP contribution in [0.15, 0.2) is 18.2 Å². The third-order valence-electron chi connectivity index (χ3n) is 6.53. The molecule has 3 atom stereocenters. The van der Waals surface area contributed by atoms with E-state index < -0.39 is 33.9 Å². The molecule has 4 bridgehead atoms. The minimum atomic E-state index is -1.10. The lowest BCUT2D eigenvalue weighted by Gasteiger charge is -2.58. The number of aliphatic hydroxyl groups is 1. The number of esters is 1. The van der Waals surface area contributed by atoms with Crippen LogP contribution in [0.3, 0.4) is 0 Å². The molecule has 1 aromatic carbocycles. The molecule has 0 heterocycles. The molecule has 4 fully saturated rings. The molecule has 4 aliphatic rings. The highest BCUT2D eigenvalue weighted by Gasteiger charge is 2.61. The molecule has 4 aliphatic carbocycles. The molecule has 4 saturated carbocycles. The topological polar surface area (TPSA) is 119 Å². The monoisotopic (exact) mass is 422 g/mol. The summed E-state index contributed by atoms with van der Waals surface area (Å²) in [4.78, 5) is 35.8. The number of carbonyl (C=O) groups is 2. The second kappa shape index (κ2) is 6.95. The van der Waals surface area contributed by atoms with Gasteiger partial charge in [0.05, 0.1) is 26.6 Å². The van der Waals surface area contributed by atoms with E-state index in [1.807, 2.05) is 0 Å². The summed E-state index contributed by atoms with van der Waals surface area (Å²) in [7, 11) is 0. The zero-order valence-corrected chi connectivity index (χ0v) is 16.8. The van der Waals surface area contributed by atoms with Gasteiger partial charge in [0, 0.05) is 12.1 Å². The average Bonchev–Trinajstić information content (AvgIpc) is 2.61. The Bertz CT molecular complexity index is 874. The molecule has 0 saturated heterocycles. The van der Waals surface area contributed by atoms with Crippen molar-refractivity contribution in [2.24, 2.45) is 17.3 Å². The lowest BCUT2D eigenvalue weighted by Crippen LogP contribution is -2.59. The SMILES string of the molecule is CC(OC(=O)C12CC3CC(CC(O)(C3)C1)C2)C(=O)Nc1cc([N+](=O)[O-])ccc1Cl. The van der Waals surface area contributed by atoms with Crippen molar-refractivity contribution in [3.8, 4) is 0 Å². The van der Waals surface area contributed by atoms with Gasteiger partial charge in [-0.1, -0.05) is 11.6 Å². The highest BCUT2D eigenvalue weighted by Crippen LogP contribution is 2.62. The molecule has 9 heteroatoms. The molecule has 2 N–H and O–H groups in total. The summed E-state index contributed by atoms with van der Waals surface area (Å²) < 4.78 is 5.49. The summed E-state index contributed by atoms with van der Waals surface area (Å²) >= 11 is 6.01. The van der Waals surface area contributed by atoms with E-state index in [0.29, 0.717) is 31.1 Å². The summed E-state index contributed by atoms with van der Waals surface area (Å²) in [6, 6.07) is 3.71. The van der Waals surface area contributed by atoms with E-state index in [1.54, 1.807) is 0 Å². The number of nitrogens with zero attached hydrogens (tertiary/aromatic N) is 1. The molecule has 5 rings (SSSR count). The first-order valence-corrected chi connectivity index (χ1v) is 10.2. The molecule has 0 radical (unpaired) electrons. The molecule has 0 aromatic heterocycles. The van der Waals surface area contributed by atoms with Crippen LogP contribution >= 0.6 is 11.6 Å². The minimum absolute atomic E-state index is 0.0814. The van der Waals surface area contributed by atoms with Crippen LogP contribution < -0.4 is 5.32 Å². The molecule has 8 nitrogen and oxygen atoms in total. The van der Waals surface area contributed by atoms with Gasteiger partial charge >= 0.3 is 5.97 Å². The first kappa shape index (κ1) is 20.1. The molecule has 1 amide bonds. The van der Waals surface area contributed by atoms with Gasteiger partial charge in [0.15, 0.2) is 6.10 Å². The molecule has 1 aromatic rings. The van der Waals surface area contributed by atoms with Crippen molar-refractivity contribution in [1.82, 2.24) is 0 Å². The molecule has 3 unspecified atom stereocenters. The van der Waals surface area contributed by atoms with Crippen molar-refractivity contribution < 1.29 is 24.4 Å². The predicted octanol–water partition coefficient (Wildman–Crippen LogP) is 3.45. The normalized spacial score (nSPS) is 33.2. The number of nitro benzene ring substituents is 1. The molecule has 0 spiro atoms. The molecule has 0 aliphatic heterocycles. The van der Waals surface area contributed by atoms with Crippen LogP contribution in [0.4, 0.5) is 11.4 Å². The van der Waals surface area contributed by atoms with E-state index in [2.05, 4.69) is 5.32 Å². The lowest BCUT2D eigenvalue weighted by molar-refractivity contribution is -0.384. The fraction of sp³-hybridized carbons (Fsp3) is 0.600. The van der Waals surface area contributed by atoms with E-state index in [9.17, 15) is 24.8 Å². The summed E-state index contributed by atoms with van der Waals surface area (Å²) in [6.07, 6.45) is 3.18. The summed E-state index contributed by atoms with van der Waals surface area (Å²) in [5.74, 6) is -0.426. The van der Waals surface area contributed by atoms with E-state index >= 15 is 0 Å². The van der Waals surface area contributed by atoms with Gasteiger partial charge in [0.1, 0.15) is 0 Å². The molecule has 156 valence electrons. The number of anilines is 1. The number of rotatable bonds is 5. The Morgan fingerprint density at radius 2 is 1.97 bits per heavy atom. The summed E-state index contributed by atoms with van der Waals surface area (Å²) in [6.45, 7) is 1.45.